The average molecular weight is 257 g/mol. The van der Waals surface area contributed by atoms with Crippen LogP contribution in [0.2, 0.25) is 5.02 Å². The zero-order chi connectivity index (χ0) is 13.0. The molecule has 0 aliphatic carbocycles. The Hall–Kier alpha value is -1.75. The third-order valence-corrected chi connectivity index (χ3v) is 2.23. The maximum Gasteiger partial charge on any atom is 0.412 e. The van der Waals surface area contributed by atoms with Crippen LogP contribution in [0.25, 0.3) is 0 Å². The Morgan fingerprint density at radius 2 is 2.00 bits per heavy atom. The van der Waals surface area contributed by atoms with Crippen LogP contribution in [-0.2, 0) is 4.79 Å². The first kappa shape index (κ1) is 13.3. The fourth-order valence-electron chi connectivity index (χ4n) is 1.28. The largest absolute Gasteiger partial charge is 0.412 e. The van der Waals surface area contributed by atoms with Crippen LogP contribution in [0.5, 0.6) is 5.75 Å². The van der Waals surface area contributed by atoms with Crippen molar-refractivity contribution in [2.75, 3.05) is 12.4 Å². The van der Waals surface area contributed by atoms with E-state index in [-0.39, 0.29) is 16.7 Å². The van der Waals surface area contributed by atoms with Crippen LogP contribution in [0, 0.1) is 6.92 Å². The highest BCUT2D eigenvalue weighted by molar-refractivity contribution is 6.32. The minimum atomic E-state index is -0.595. The molecule has 92 valence electrons. The van der Waals surface area contributed by atoms with Crippen LogP contribution >= 0.6 is 11.6 Å². The van der Waals surface area contributed by atoms with Crippen LogP contribution in [0.15, 0.2) is 12.1 Å². The van der Waals surface area contributed by atoms with Crippen molar-refractivity contribution in [2.24, 2.45) is 0 Å². The van der Waals surface area contributed by atoms with Crippen molar-refractivity contribution in [1.82, 2.24) is 5.32 Å². The predicted octanol–water partition coefficient (Wildman–Crippen LogP) is 2.33. The molecule has 0 atom stereocenters. The summed E-state index contributed by atoms with van der Waals surface area (Å²) in [6, 6.07) is 3.19. The molecule has 2 N–H and O–H groups in total. The molecule has 0 aromatic heterocycles. The highest BCUT2D eigenvalue weighted by atomic mass is 35.5. The van der Waals surface area contributed by atoms with Gasteiger partial charge in [0.15, 0.2) is 5.75 Å². The number of amides is 2. The fourth-order valence-corrected chi connectivity index (χ4v) is 1.58. The summed E-state index contributed by atoms with van der Waals surface area (Å²) in [4.78, 5) is 22.0. The van der Waals surface area contributed by atoms with Gasteiger partial charge >= 0.3 is 6.09 Å². The van der Waals surface area contributed by atoms with Crippen molar-refractivity contribution >= 4 is 29.3 Å². The average Bonchev–Trinajstić information content (AvgIpc) is 2.22. The lowest BCUT2D eigenvalue weighted by molar-refractivity contribution is -0.114. The molecule has 1 rings (SSSR count). The van der Waals surface area contributed by atoms with Gasteiger partial charge in [-0.3, -0.25) is 4.79 Å². The minimum absolute atomic E-state index is 0.194. The molecular weight excluding hydrogens is 244 g/mol. The zero-order valence-electron chi connectivity index (χ0n) is 9.76. The lowest BCUT2D eigenvalue weighted by Crippen LogP contribution is -2.22. The van der Waals surface area contributed by atoms with Gasteiger partial charge in [-0.2, -0.15) is 0 Å². The number of anilines is 1. The number of carbonyl (C=O) groups excluding carboxylic acids is 2. The van der Waals surface area contributed by atoms with Gasteiger partial charge in [0.2, 0.25) is 5.91 Å². The Morgan fingerprint density at radius 1 is 1.35 bits per heavy atom. The van der Waals surface area contributed by atoms with Gasteiger partial charge < -0.3 is 15.4 Å². The Kier molecular flexibility index (Phi) is 4.34. The Balaban J connectivity index is 3.01. The molecule has 0 fully saturated rings. The van der Waals surface area contributed by atoms with E-state index in [0.717, 1.165) is 0 Å². The Bertz CT molecular complexity index is 437. The van der Waals surface area contributed by atoms with Gasteiger partial charge in [0, 0.05) is 19.7 Å². The molecule has 0 heterocycles. The molecule has 0 saturated carbocycles. The number of hydrogen-bond acceptors (Lipinski definition) is 3. The van der Waals surface area contributed by atoms with E-state index in [1.54, 1.807) is 13.0 Å². The van der Waals surface area contributed by atoms with E-state index in [1.807, 2.05) is 0 Å². The first-order valence-electron chi connectivity index (χ1n) is 4.91. The molecule has 0 spiro atoms. The van der Waals surface area contributed by atoms with Crippen molar-refractivity contribution in [3.8, 4) is 5.75 Å². The van der Waals surface area contributed by atoms with Crippen LogP contribution < -0.4 is 15.4 Å². The van der Waals surface area contributed by atoms with Gasteiger partial charge in [-0.25, -0.2) is 4.79 Å². The molecule has 0 aliphatic rings. The smallest absolute Gasteiger partial charge is 0.408 e. The minimum Gasteiger partial charge on any atom is -0.408 e. The molecule has 1 aromatic carbocycles. The van der Waals surface area contributed by atoms with Crippen LogP contribution in [-0.4, -0.2) is 19.0 Å². The maximum absolute atomic E-state index is 11.1. The van der Waals surface area contributed by atoms with E-state index in [2.05, 4.69) is 10.6 Å². The molecule has 6 heteroatoms. The summed E-state index contributed by atoms with van der Waals surface area (Å²) < 4.78 is 4.99. The highest BCUT2D eigenvalue weighted by Crippen LogP contribution is 2.32. The van der Waals surface area contributed by atoms with Gasteiger partial charge in [0.05, 0.1) is 5.02 Å². The van der Waals surface area contributed by atoms with E-state index in [1.165, 1.54) is 20.0 Å². The monoisotopic (exact) mass is 256 g/mol. The van der Waals surface area contributed by atoms with Gasteiger partial charge in [-0.15, -0.1) is 0 Å². The number of hydrogen-bond donors (Lipinski definition) is 2. The first-order chi connectivity index (χ1) is 7.93. The number of aryl methyl sites for hydroxylation is 1. The van der Waals surface area contributed by atoms with Crippen molar-refractivity contribution in [3.63, 3.8) is 0 Å². The van der Waals surface area contributed by atoms with E-state index >= 15 is 0 Å². The third-order valence-electron chi connectivity index (χ3n) is 1.95. The predicted molar refractivity (Wildman–Crippen MR) is 65.6 cm³/mol. The summed E-state index contributed by atoms with van der Waals surface area (Å²) in [5.74, 6) is 0.0838. The summed E-state index contributed by atoms with van der Waals surface area (Å²) in [6.45, 7) is 3.13. The topological polar surface area (TPSA) is 67.4 Å². The summed E-state index contributed by atoms with van der Waals surface area (Å²) in [5.41, 5.74) is 1.22. The second-order valence-electron chi connectivity index (χ2n) is 3.42. The third kappa shape index (κ3) is 3.64. The number of benzene rings is 1. The van der Waals surface area contributed by atoms with E-state index in [0.29, 0.717) is 11.3 Å². The molecule has 0 saturated heterocycles. The summed E-state index contributed by atoms with van der Waals surface area (Å²) in [5, 5.41) is 5.19. The second kappa shape index (κ2) is 5.54. The van der Waals surface area contributed by atoms with Gasteiger partial charge in [-0.1, -0.05) is 11.6 Å². The molecular formula is C11H13ClN2O3. The summed E-state index contributed by atoms with van der Waals surface area (Å²) in [6.07, 6.45) is -0.595. The number of nitrogens with one attached hydrogen (secondary N) is 2. The molecule has 2 amide bonds. The second-order valence-corrected chi connectivity index (χ2v) is 3.83. The van der Waals surface area contributed by atoms with Gasteiger partial charge in [0.25, 0.3) is 0 Å². The standard InChI is InChI=1S/C11H13ClN2O3/c1-6-4-8(14-7(2)15)5-9(12)10(6)17-11(16)13-3/h4-5H,1-3H3,(H,13,16)(H,14,15). The Labute approximate surface area is 104 Å². The Morgan fingerprint density at radius 3 is 2.47 bits per heavy atom. The highest BCUT2D eigenvalue weighted by Gasteiger charge is 2.12. The van der Waals surface area contributed by atoms with Crippen molar-refractivity contribution in [2.45, 2.75) is 13.8 Å². The lowest BCUT2D eigenvalue weighted by Gasteiger charge is -2.11. The van der Waals surface area contributed by atoms with E-state index in [4.69, 9.17) is 16.3 Å². The van der Waals surface area contributed by atoms with E-state index < -0.39 is 6.09 Å². The van der Waals surface area contributed by atoms with E-state index in [9.17, 15) is 9.59 Å². The lowest BCUT2D eigenvalue weighted by atomic mass is 10.2. The van der Waals surface area contributed by atoms with Crippen molar-refractivity contribution < 1.29 is 14.3 Å². The summed E-state index contributed by atoms with van der Waals surface area (Å²) >= 11 is 5.96. The van der Waals surface area contributed by atoms with Crippen molar-refractivity contribution in [1.29, 1.82) is 0 Å². The quantitative estimate of drug-likeness (QED) is 0.853. The molecule has 0 bridgehead atoms. The SMILES string of the molecule is CNC(=O)Oc1c(C)cc(NC(C)=O)cc1Cl. The molecule has 17 heavy (non-hydrogen) atoms. The molecule has 0 radical (unpaired) electrons. The number of rotatable bonds is 2. The number of carbonyl (C=O) groups is 2. The molecule has 1 aromatic rings. The zero-order valence-corrected chi connectivity index (χ0v) is 10.5. The molecule has 0 unspecified atom stereocenters. The first-order valence-corrected chi connectivity index (χ1v) is 5.29. The fraction of sp³-hybridized carbons (Fsp3) is 0.273. The number of halogens is 1. The molecule has 5 nitrogen and oxygen atoms in total. The van der Waals surface area contributed by atoms with Crippen LogP contribution in [0.1, 0.15) is 12.5 Å². The normalized spacial score (nSPS) is 9.65. The number of ether oxygens (including phenoxy) is 1. The summed E-state index contributed by atoms with van der Waals surface area (Å²) in [7, 11) is 1.46. The van der Waals surface area contributed by atoms with Gasteiger partial charge in [-0.05, 0) is 24.6 Å². The molecule has 0 aliphatic heterocycles. The van der Waals surface area contributed by atoms with Crippen molar-refractivity contribution in [3.05, 3.63) is 22.7 Å². The maximum atomic E-state index is 11.1. The van der Waals surface area contributed by atoms with Crippen LogP contribution in [0.3, 0.4) is 0 Å². The van der Waals surface area contributed by atoms with Crippen LogP contribution in [0.4, 0.5) is 10.5 Å². The van der Waals surface area contributed by atoms with Gasteiger partial charge in [0.1, 0.15) is 0 Å².